The molecule has 0 aromatic rings. The molecule has 74 valence electrons. The molecule has 0 spiro atoms. The van der Waals surface area contributed by atoms with Crippen LogP contribution in [0.4, 0.5) is 0 Å². The summed E-state index contributed by atoms with van der Waals surface area (Å²) in [6.45, 7) is 1.57. The van der Waals surface area contributed by atoms with Gasteiger partial charge in [-0.3, -0.25) is 10.2 Å². The van der Waals surface area contributed by atoms with Gasteiger partial charge in [0.15, 0.2) is 0 Å². The standard InChI is InChI=1S/C8H16N4O/c1-12(7-3-5-9)6-2-4-8(13)11-10/h2-4,6-7,10H2,1H3,(H,11,13). The van der Waals surface area contributed by atoms with Crippen LogP contribution in [0.3, 0.4) is 0 Å². The Labute approximate surface area is 78.5 Å². The molecule has 0 unspecified atom stereocenters. The highest BCUT2D eigenvalue weighted by Crippen LogP contribution is 1.93. The number of hydrogen-bond donors (Lipinski definition) is 2. The van der Waals surface area contributed by atoms with E-state index in [0.29, 0.717) is 12.8 Å². The predicted octanol–water partition coefficient (Wildman–Crippen LogP) is -0.398. The molecule has 0 aromatic heterocycles. The van der Waals surface area contributed by atoms with Crippen molar-refractivity contribution in [3.8, 4) is 6.07 Å². The number of nitrogens with zero attached hydrogens (tertiary/aromatic N) is 2. The molecule has 0 bridgehead atoms. The number of nitriles is 1. The second-order valence-corrected chi connectivity index (χ2v) is 2.88. The predicted molar refractivity (Wildman–Crippen MR) is 49.3 cm³/mol. The summed E-state index contributed by atoms with van der Waals surface area (Å²) in [6.07, 6.45) is 1.73. The fraction of sp³-hybridized carbons (Fsp3) is 0.750. The average molecular weight is 184 g/mol. The Morgan fingerprint density at radius 2 is 2.31 bits per heavy atom. The Balaban J connectivity index is 3.32. The molecule has 0 rings (SSSR count). The van der Waals surface area contributed by atoms with Crippen molar-refractivity contribution < 1.29 is 4.79 Å². The minimum absolute atomic E-state index is 0.145. The van der Waals surface area contributed by atoms with E-state index >= 15 is 0 Å². The normalized spacial score (nSPS) is 9.69. The first-order valence-corrected chi connectivity index (χ1v) is 4.25. The minimum Gasteiger partial charge on any atom is -0.305 e. The molecule has 0 saturated heterocycles. The van der Waals surface area contributed by atoms with Gasteiger partial charge >= 0.3 is 0 Å². The van der Waals surface area contributed by atoms with Gasteiger partial charge in [0.05, 0.1) is 6.07 Å². The summed E-state index contributed by atoms with van der Waals surface area (Å²) in [6, 6.07) is 2.07. The molecule has 0 fully saturated rings. The summed E-state index contributed by atoms with van der Waals surface area (Å²) in [7, 11) is 1.93. The molecule has 5 nitrogen and oxygen atoms in total. The molecular weight excluding hydrogens is 168 g/mol. The highest BCUT2D eigenvalue weighted by molar-refractivity contribution is 5.75. The molecule has 0 aliphatic rings. The van der Waals surface area contributed by atoms with Gasteiger partial charge in [-0.2, -0.15) is 5.26 Å². The van der Waals surface area contributed by atoms with Crippen LogP contribution >= 0.6 is 0 Å². The van der Waals surface area contributed by atoms with Crippen molar-refractivity contribution in [1.29, 1.82) is 5.26 Å². The van der Waals surface area contributed by atoms with Gasteiger partial charge in [-0.05, 0) is 20.0 Å². The quantitative estimate of drug-likeness (QED) is 0.334. The van der Waals surface area contributed by atoms with Crippen LogP contribution in [0.2, 0.25) is 0 Å². The van der Waals surface area contributed by atoms with Crippen molar-refractivity contribution in [2.75, 3.05) is 20.1 Å². The summed E-state index contributed by atoms with van der Waals surface area (Å²) in [5.74, 6) is 4.77. The number of hydrazine groups is 1. The Kier molecular flexibility index (Phi) is 6.88. The smallest absolute Gasteiger partial charge is 0.233 e. The summed E-state index contributed by atoms with van der Waals surface area (Å²) >= 11 is 0. The SMILES string of the molecule is CN(CCC#N)CCCC(=O)NN. The zero-order valence-electron chi connectivity index (χ0n) is 7.92. The third kappa shape index (κ3) is 7.25. The zero-order chi connectivity index (χ0) is 10.1. The van der Waals surface area contributed by atoms with E-state index in [-0.39, 0.29) is 5.91 Å². The molecule has 3 N–H and O–H groups in total. The first kappa shape index (κ1) is 11.9. The lowest BCUT2D eigenvalue weighted by molar-refractivity contribution is -0.121. The first-order chi connectivity index (χ1) is 6.20. The molecular formula is C8H16N4O. The van der Waals surface area contributed by atoms with E-state index in [1.54, 1.807) is 0 Å². The van der Waals surface area contributed by atoms with E-state index in [2.05, 4.69) is 11.5 Å². The van der Waals surface area contributed by atoms with Crippen LogP contribution in [0, 0.1) is 11.3 Å². The van der Waals surface area contributed by atoms with Gasteiger partial charge in [0.1, 0.15) is 0 Å². The Morgan fingerprint density at radius 1 is 1.62 bits per heavy atom. The molecule has 0 saturated carbocycles. The van der Waals surface area contributed by atoms with Crippen molar-refractivity contribution in [3.63, 3.8) is 0 Å². The lowest BCUT2D eigenvalue weighted by Gasteiger charge is -2.13. The fourth-order valence-corrected chi connectivity index (χ4v) is 0.934. The molecule has 0 aliphatic heterocycles. The van der Waals surface area contributed by atoms with E-state index in [1.165, 1.54) is 0 Å². The fourth-order valence-electron chi connectivity index (χ4n) is 0.934. The number of hydrogen-bond acceptors (Lipinski definition) is 4. The molecule has 0 radical (unpaired) electrons. The number of nitrogens with one attached hydrogen (secondary N) is 1. The molecule has 0 heterocycles. The topological polar surface area (TPSA) is 82.2 Å². The van der Waals surface area contributed by atoms with E-state index in [9.17, 15) is 4.79 Å². The maximum atomic E-state index is 10.7. The summed E-state index contributed by atoms with van der Waals surface area (Å²) in [4.78, 5) is 12.7. The lowest BCUT2D eigenvalue weighted by atomic mass is 10.3. The maximum Gasteiger partial charge on any atom is 0.233 e. The van der Waals surface area contributed by atoms with Crippen LogP contribution in [0.1, 0.15) is 19.3 Å². The summed E-state index contributed by atoms with van der Waals surface area (Å²) in [5.41, 5.74) is 2.07. The number of nitrogens with two attached hydrogens (primary N) is 1. The monoisotopic (exact) mass is 184 g/mol. The van der Waals surface area contributed by atoms with E-state index in [1.807, 2.05) is 11.9 Å². The van der Waals surface area contributed by atoms with Gasteiger partial charge in [0.25, 0.3) is 0 Å². The number of carbonyl (C=O) groups excluding carboxylic acids is 1. The third-order valence-electron chi connectivity index (χ3n) is 1.71. The Bertz CT molecular complexity index is 187. The zero-order valence-corrected chi connectivity index (χ0v) is 7.92. The third-order valence-corrected chi connectivity index (χ3v) is 1.71. The van der Waals surface area contributed by atoms with Crippen LogP contribution in [0.15, 0.2) is 0 Å². The van der Waals surface area contributed by atoms with Crippen molar-refractivity contribution >= 4 is 5.91 Å². The molecule has 0 aromatic carbocycles. The first-order valence-electron chi connectivity index (χ1n) is 4.25. The van der Waals surface area contributed by atoms with Gasteiger partial charge in [-0.25, -0.2) is 5.84 Å². The van der Waals surface area contributed by atoms with Gasteiger partial charge in [-0.15, -0.1) is 0 Å². The molecule has 0 atom stereocenters. The lowest BCUT2D eigenvalue weighted by Crippen LogP contribution is -2.30. The summed E-state index contributed by atoms with van der Waals surface area (Å²) < 4.78 is 0. The highest BCUT2D eigenvalue weighted by atomic mass is 16.2. The second-order valence-electron chi connectivity index (χ2n) is 2.88. The maximum absolute atomic E-state index is 10.7. The van der Waals surface area contributed by atoms with Crippen molar-refractivity contribution in [2.45, 2.75) is 19.3 Å². The Morgan fingerprint density at radius 3 is 2.85 bits per heavy atom. The largest absolute Gasteiger partial charge is 0.305 e. The number of rotatable bonds is 6. The average Bonchev–Trinajstić information content (AvgIpc) is 2.14. The van der Waals surface area contributed by atoms with E-state index in [4.69, 9.17) is 11.1 Å². The van der Waals surface area contributed by atoms with E-state index < -0.39 is 0 Å². The van der Waals surface area contributed by atoms with E-state index in [0.717, 1.165) is 19.5 Å². The van der Waals surface area contributed by atoms with Gasteiger partial charge in [-0.1, -0.05) is 0 Å². The van der Waals surface area contributed by atoms with Gasteiger partial charge in [0, 0.05) is 19.4 Å². The van der Waals surface area contributed by atoms with Crippen LogP contribution in [0.5, 0.6) is 0 Å². The highest BCUT2D eigenvalue weighted by Gasteiger charge is 2.00. The Hall–Kier alpha value is -1.12. The minimum atomic E-state index is -0.145. The molecule has 0 aliphatic carbocycles. The van der Waals surface area contributed by atoms with Gasteiger partial charge < -0.3 is 4.90 Å². The summed E-state index contributed by atoms with van der Waals surface area (Å²) in [5, 5.41) is 8.31. The van der Waals surface area contributed by atoms with Crippen LogP contribution in [-0.4, -0.2) is 30.9 Å². The van der Waals surface area contributed by atoms with Crippen LogP contribution < -0.4 is 11.3 Å². The molecule has 13 heavy (non-hydrogen) atoms. The number of carbonyl (C=O) groups is 1. The van der Waals surface area contributed by atoms with Crippen molar-refractivity contribution in [3.05, 3.63) is 0 Å². The second kappa shape index (κ2) is 7.53. The van der Waals surface area contributed by atoms with Crippen LogP contribution in [-0.2, 0) is 4.79 Å². The van der Waals surface area contributed by atoms with Gasteiger partial charge in [0.2, 0.25) is 5.91 Å². The molecule has 5 heteroatoms. The number of amides is 1. The van der Waals surface area contributed by atoms with Crippen molar-refractivity contribution in [1.82, 2.24) is 10.3 Å². The van der Waals surface area contributed by atoms with Crippen LogP contribution in [0.25, 0.3) is 0 Å². The molecule has 1 amide bonds. The van der Waals surface area contributed by atoms with Crippen molar-refractivity contribution in [2.24, 2.45) is 5.84 Å².